The van der Waals surface area contributed by atoms with Crippen molar-refractivity contribution in [2.75, 3.05) is 18.4 Å². The van der Waals surface area contributed by atoms with E-state index in [0.717, 1.165) is 16.9 Å². The highest BCUT2D eigenvalue weighted by molar-refractivity contribution is 7.94. The third-order valence-corrected chi connectivity index (χ3v) is 10.0. The van der Waals surface area contributed by atoms with Gasteiger partial charge in [-0.2, -0.15) is 18.3 Å². The number of esters is 1. The molecule has 2 unspecified atom stereocenters. The van der Waals surface area contributed by atoms with Crippen LogP contribution in [0.5, 0.6) is 5.75 Å². The van der Waals surface area contributed by atoms with Gasteiger partial charge < -0.3 is 20.1 Å². The van der Waals surface area contributed by atoms with Crippen LogP contribution in [0.25, 0.3) is 10.9 Å². The third-order valence-electron chi connectivity index (χ3n) is 6.98. The van der Waals surface area contributed by atoms with Crippen LogP contribution >= 0.6 is 22.9 Å². The van der Waals surface area contributed by atoms with Gasteiger partial charge in [0.2, 0.25) is 0 Å². The lowest BCUT2D eigenvalue weighted by Crippen LogP contribution is -2.50. The Hall–Kier alpha value is -3.86. The van der Waals surface area contributed by atoms with E-state index in [2.05, 4.69) is 25.2 Å². The number of methoxy groups -OCH3 is 1. The number of alkyl halides is 3. The first-order chi connectivity index (χ1) is 21.4. The zero-order chi connectivity index (χ0) is 32.4. The number of thiophene rings is 1. The molecule has 1 aliphatic heterocycles. The van der Waals surface area contributed by atoms with Crippen molar-refractivity contribution in [3.63, 3.8) is 0 Å². The van der Waals surface area contributed by atoms with Gasteiger partial charge in [0.15, 0.2) is 11.9 Å². The van der Waals surface area contributed by atoms with Crippen molar-refractivity contribution >= 4 is 61.6 Å². The van der Waals surface area contributed by atoms with E-state index in [-0.39, 0.29) is 23.1 Å². The summed E-state index contributed by atoms with van der Waals surface area (Å²) in [6.07, 6.45) is -5.88. The van der Waals surface area contributed by atoms with Gasteiger partial charge in [-0.25, -0.2) is 13.2 Å². The minimum Gasteiger partial charge on any atom is -0.496 e. The first-order valence-electron chi connectivity index (χ1n) is 13.5. The average Bonchev–Trinajstić information content (AvgIpc) is 3.76. The lowest BCUT2D eigenvalue weighted by atomic mass is 10.1. The number of anilines is 1. The number of hydrogen-bond acceptors (Lipinski definition) is 9. The molecule has 5 rings (SSSR count). The highest BCUT2D eigenvalue weighted by atomic mass is 35.5. The van der Waals surface area contributed by atoms with Gasteiger partial charge in [0.1, 0.15) is 9.96 Å². The summed E-state index contributed by atoms with van der Waals surface area (Å²) < 4.78 is 79.2. The molecule has 1 fully saturated rings. The SMILES string of the molecule is COc1cccc2c1c(NS(=O)(=O)c1ccc(Cl)s1)nn2Cc1cccc(CNC(=O)C(OC(=O)C(F)(F)F)C2CCCN2)c1. The van der Waals surface area contributed by atoms with Gasteiger partial charge in [0, 0.05) is 6.54 Å². The predicted octanol–water partition coefficient (Wildman–Crippen LogP) is 4.45. The number of ether oxygens (including phenoxy) is 2. The van der Waals surface area contributed by atoms with Crippen LogP contribution in [0.3, 0.4) is 0 Å². The summed E-state index contributed by atoms with van der Waals surface area (Å²) in [5.41, 5.74) is 1.92. The van der Waals surface area contributed by atoms with E-state index < -0.39 is 40.2 Å². The molecule has 1 saturated heterocycles. The molecule has 1 amide bonds. The number of sulfonamides is 1. The van der Waals surface area contributed by atoms with E-state index in [0.29, 0.717) is 45.9 Å². The quantitative estimate of drug-likeness (QED) is 0.197. The molecule has 1 aliphatic rings. The van der Waals surface area contributed by atoms with Gasteiger partial charge in [0.05, 0.1) is 34.9 Å². The smallest absolute Gasteiger partial charge is 0.490 e. The van der Waals surface area contributed by atoms with Crippen molar-refractivity contribution in [1.82, 2.24) is 20.4 Å². The molecule has 0 bridgehead atoms. The van der Waals surface area contributed by atoms with Gasteiger partial charge >= 0.3 is 12.1 Å². The summed E-state index contributed by atoms with van der Waals surface area (Å²) in [5, 5.41) is 10.4. The van der Waals surface area contributed by atoms with E-state index in [1.54, 1.807) is 47.1 Å². The molecule has 3 N–H and O–H groups in total. The van der Waals surface area contributed by atoms with Gasteiger partial charge in [0.25, 0.3) is 15.9 Å². The summed E-state index contributed by atoms with van der Waals surface area (Å²) in [6, 6.07) is 14.3. The molecular formula is C28H27ClF3N5O6S2. The van der Waals surface area contributed by atoms with Gasteiger partial charge in [-0.15, -0.1) is 11.3 Å². The second-order valence-corrected chi connectivity index (χ2v) is 13.7. The largest absolute Gasteiger partial charge is 0.496 e. The molecule has 0 spiro atoms. The Kier molecular flexibility index (Phi) is 9.57. The van der Waals surface area contributed by atoms with Crippen LogP contribution in [0.1, 0.15) is 24.0 Å². The van der Waals surface area contributed by atoms with Gasteiger partial charge in [-0.1, -0.05) is 41.9 Å². The predicted molar refractivity (Wildman–Crippen MR) is 161 cm³/mol. The maximum atomic E-state index is 13.1. The molecule has 0 aliphatic carbocycles. The van der Waals surface area contributed by atoms with Crippen molar-refractivity contribution in [2.24, 2.45) is 0 Å². The number of rotatable bonds is 11. The second-order valence-electron chi connectivity index (χ2n) is 10.1. The van der Waals surface area contributed by atoms with Crippen molar-refractivity contribution in [3.05, 3.63) is 70.1 Å². The van der Waals surface area contributed by atoms with Gasteiger partial charge in [-0.05, 0) is 54.8 Å². The Morgan fingerprint density at radius 3 is 2.60 bits per heavy atom. The van der Waals surface area contributed by atoms with Crippen molar-refractivity contribution in [1.29, 1.82) is 0 Å². The zero-order valence-corrected chi connectivity index (χ0v) is 25.9. The van der Waals surface area contributed by atoms with Crippen molar-refractivity contribution in [2.45, 2.75) is 48.5 Å². The Labute approximate surface area is 264 Å². The Morgan fingerprint density at radius 1 is 1.18 bits per heavy atom. The molecule has 0 radical (unpaired) electrons. The topological polar surface area (TPSA) is 141 Å². The number of nitrogens with one attached hydrogen (secondary N) is 3. The number of amides is 1. The summed E-state index contributed by atoms with van der Waals surface area (Å²) >= 11 is 6.84. The van der Waals surface area contributed by atoms with Crippen LogP contribution in [-0.4, -0.2) is 62.1 Å². The second kappa shape index (κ2) is 13.2. The van der Waals surface area contributed by atoms with E-state index in [4.69, 9.17) is 16.3 Å². The molecule has 4 aromatic rings. The highest BCUT2D eigenvalue weighted by Gasteiger charge is 2.45. The van der Waals surface area contributed by atoms with E-state index in [1.807, 2.05) is 0 Å². The fourth-order valence-electron chi connectivity index (χ4n) is 4.95. The molecule has 17 heteroatoms. The summed E-state index contributed by atoms with van der Waals surface area (Å²) in [6.45, 7) is 0.622. The van der Waals surface area contributed by atoms with E-state index >= 15 is 0 Å². The summed E-state index contributed by atoms with van der Waals surface area (Å²) in [4.78, 5) is 24.4. The number of hydrogen-bond donors (Lipinski definition) is 3. The van der Waals surface area contributed by atoms with Gasteiger partial charge in [-0.3, -0.25) is 14.2 Å². The van der Waals surface area contributed by atoms with Crippen LogP contribution in [-0.2, 0) is 37.4 Å². The molecule has 2 atom stereocenters. The maximum Gasteiger partial charge on any atom is 0.490 e. The Bertz CT molecular complexity index is 1820. The number of halogens is 4. The average molecular weight is 686 g/mol. The fourth-order valence-corrected chi connectivity index (χ4v) is 7.44. The molecule has 0 saturated carbocycles. The summed E-state index contributed by atoms with van der Waals surface area (Å²) in [5.74, 6) is -2.83. The van der Waals surface area contributed by atoms with Crippen LogP contribution < -0.4 is 20.1 Å². The lowest BCUT2D eigenvalue weighted by Gasteiger charge is -2.23. The number of aromatic nitrogens is 2. The Morgan fingerprint density at radius 2 is 1.93 bits per heavy atom. The van der Waals surface area contributed by atoms with Crippen LogP contribution in [0.15, 0.2) is 58.8 Å². The standard InChI is InChI=1S/C28H27ClF3N5O6S2/c1-42-20-9-3-8-19-23(20)25(36-45(40,41)22-11-10-21(29)44-22)35-37(19)15-17-6-2-5-16(13-17)14-34-26(38)24(18-7-4-12-33-18)43-27(39)28(30,31)32/h2-3,5-6,8-11,13,18,24,33H,4,7,12,14-15H2,1H3,(H,34,38)(H,35,36). The highest BCUT2D eigenvalue weighted by Crippen LogP contribution is 2.35. The molecular weight excluding hydrogens is 659 g/mol. The maximum absolute atomic E-state index is 13.1. The van der Waals surface area contributed by atoms with Crippen LogP contribution in [0.2, 0.25) is 4.34 Å². The Balaban J connectivity index is 1.35. The first-order valence-corrected chi connectivity index (χ1v) is 16.2. The third kappa shape index (κ3) is 7.52. The molecule has 2 aromatic carbocycles. The van der Waals surface area contributed by atoms with Crippen molar-refractivity contribution in [3.8, 4) is 5.75 Å². The number of fused-ring (bicyclic) bond motifs is 1. The molecule has 2 aromatic heterocycles. The minimum absolute atomic E-state index is 0.0129. The minimum atomic E-state index is -5.23. The molecule has 240 valence electrons. The molecule has 45 heavy (non-hydrogen) atoms. The molecule has 3 heterocycles. The molecule has 11 nitrogen and oxygen atoms in total. The number of benzene rings is 2. The van der Waals surface area contributed by atoms with Crippen LogP contribution in [0, 0.1) is 0 Å². The van der Waals surface area contributed by atoms with E-state index in [1.165, 1.54) is 19.2 Å². The summed E-state index contributed by atoms with van der Waals surface area (Å²) in [7, 11) is -2.55. The lowest BCUT2D eigenvalue weighted by molar-refractivity contribution is -0.206. The van der Waals surface area contributed by atoms with Crippen molar-refractivity contribution < 1.29 is 40.7 Å². The van der Waals surface area contributed by atoms with Crippen LogP contribution in [0.4, 0.5) is 19.0 Å². The monoisotopic (exact) mass is 685 g/mol. The van der Waals surface area contributed by atoms with E-state index in [9.17, 15) is 31.2 Å². The number of carbonyl (C=O) groups is 2. The fraction of sp³-hybridized carbons (Fsp3) is 0.321. The zero-order valence-electron chi connectivity index (χ0n) is 23.6. The first kappa shape index (κ1) is 32.5. The number of carbonyl (C=O) groups excluding carboxylic acids is 2. The normalized spacial score (nSPS) is 16.0. The number of nitrogens with zero attached hydrogens (tertiary/aromatic N) is 2.